The van der Waals surface area contributed by atoms with E-state index in [1.54, 1.807) is 0 Å². The van der Waals surface area contributed by atoms with Crippen LogP contribution in [0.15, 0.2) is 54.6 Å². The molecule has 176 valence electrons. The van der Waals surface area contributed by atoms with Gasteiger partial charge in [0, 0.05) is 17.7 Å². The Kier molecular flexibility index (Phi) is 6.84. The third-order valence-corrected chi connectivity index (χ3v) is 3.88. The van der Waals surface area contributed by atoms with Gasteiger partial charge in [0.25, 0.3) is 0 Å². The van der Waals surface area contributed by atoms with Gasteiger partial charge in [-0.15, -0.1) is 26.3 Å². The van der Waals surface area contributed by atoms with E-state index in [0.717, 1.165) is 18.2 Å². The van der Waals surface area contributed by atoms with Gasteiger partial charge in [-0.3, -0.25) is 0 Å². The van der Waals surface area contributed by atoms with Crippen molar-refractivity contribution in [2.24, 2.45) is 0 Å². The van der Waals surface area contributed by atoms with Crippen LogP contribution >= 0.6 is 0 Å². The highest BCUT2D eigenvalue weighted by molar-refractivity contribution is 5.70. The van der Waals surface area contributed by atoms with Gasteiger partial charge in [0.1, 0.15) is 11.6 Å². The average Bonchev–Trinajstić information content (AvgIpc) is 2.66. The molecule has 1 aromatic heterocycles. The summed E-state index contributed by atoms with van der Waals surface area (Å²) in [6.45, 7) is 3.63. The van der Waals surface area contributed by atoms with Crippen LogP contribution in [0.3, 0.4) is 0 Å². The lowest BCUT2D eigenvalue weighted by molar-refractivity contribution is -0.275. The van der Waals surface area contributed by atoms with Crippen LogP contribution in [0.25, 0.3) is 11.3 Å². The molecule has 0 saturated heterocycles. The predicted molar refractivity (Wildman–Crippen MR) is 109 cm³/mol. The molecule has 0 spiro atoms. The number of hydrogen-bond donors (Lipinski definition) is 2. The molecular weight excluding hydrogens is 454 g/mol. The Bertz CT molecular complexity index is 1100. The Morgan fingerprint density at radius 2 is 1.52 bits per heavy atom. The van der Waals surface area contributed by atoms with Gasteiger partial charge in [0.15, 0.2) is 5.75 Å². The van der Waals surface area contributed by atoms with Gasteiger partial charge < -0.3 is 20.1 Å². The average molecular weight is 472 g/mol. The fraction of sp³-hybridized carbons (Fsp3) is 0.238. The maximum absolute atomic E-state index is 12.7. The van der Waals surface area contributed by atoms with Crippen LogP contribution in [-0.2, 0) is 0 Å². The van der Waals surface area contributed by atoms with Gasteiger partial charge in [0.2, 0.25) is 5.95 Å². The van der Waals surface area contributed by atoms with Crippen LogP contribution in [0.4, 0.5) is 43.8 Å². The molecule has 0 aliphatic carbocycles. The first-order chi connectivity index (χ1) is 15.4. The molecule has 6 nitrogen and oxygen atoms in total. The number of hydrogen-bond acceptors (Lipinski definition) is 6. The van der Waals surface area contributed by atoms with E-state index in [1.807, 2.05) is 13.8 Å². The molecule has 0 unspecified atom stereocenters. The Morgan fingerprint density at radius 3 is 2.18 bits per heavy atom. The lowest BCUT2D eigenvalue weighted by atomic mass is 10.1. The first-order valence-corrected chi connectivity index (χ1v) is 9.51. The van der Waals surface area contributed by atoms with Crippen molar-refractivity contribution >= 4 is 17.5 Å². The number of para-hydroxylation sites is 2. The van der Waals surface area contributed by atoms with E-state index < -0.39 is 24.2 Å². The number of halogens is 6. The molecule has 33 heavy (non-hydrogen) atoms. The fourth-order valence-corrected chi connectivity index (χ4v) is 2.76. The standard InChI is InChI=1S/C21H18F6N4O2/c1-12(2)28-19-30-16(13-6-5-7-14(10-13)32-20(22,23)24)11-18(31-19)29-15-8-3-4-9-17(15)33-21(25,26)27/h3-12H,1-2H3,(H2,28,29,30,31). The van der Waals surface area contributed by atoms with E-state index in [1.165, 1.54) is 36.4 Å². The van der Waals surface area contributed by atoms with Gasteiger partial charge in [-0.05, 0) is 38.1 Å². The quantitative estimate of drug-likeness (QED) is 0.383. The van der Waals surface area contributed by atoms with Gasteiger partial charge >= 0.3 is 12.7 Å². The summed E-state index contributed by atoms with van der Waals surface area (Å²) in [4.78, 5) is 8.53. The summed E-state index contributed by atoms with van der Waals surface area (Å²) in [6.07, 6.45) is -9.78. The van der Waals surface area contributed by atoms with Gasteiger partial charge in [-0.25, -0.2) is 4.98 Å². The summed E-state index contributed by atoms with van der Waals surface area (Å²) in [5, 5.41) is 5.71. The zero-order chi connectivity index (χ0) is 24.2. The molecular formula is C21H18F6N4O2. The minimum atomic E-state index is -4.90. The third kappa shape index (κ3) is 7.44. The molecule has 3 aromatic rings. The molecule has 0 radical (unpaired) electrons. The topological polar surface area (TPSA) is 68.3 Å². The highest BCUT2D eigenvalue weighted by atomic mass is 19.4. The van der Waals surface area contributed by atoms with E-state index in [-0.39, 0.29) is 34.8 Å². The second-order valence-corrected chi connectivity index (χ2v) is 7.01. The molecule has 0 atom stereocenters. The number of nitrogens with one attached hydrogen (secondary N) is 2. The van der Waals surface area contributed by atoms with Crippen molar-refractivity contribution in [1.82, 2.24) is 9.97 Å². The van der Waals surface area contributed by atoms with E-state index >= 15 is 0 Å². The van der Waals surface area contributed by atoms with Gasteiger partial charge in [0.05, 0.1) is 11.4 Å². The zero-order valence-electron chi connectivity index (χ0n) is 17.3. The van der Waals surface area contributed by atoms with Crippen LogP contribution in [-0.4, -0.2) is 28.7 Å². The van der Waals surface area contributed by atoms with Crippen molar-refractivity contribution in [3.05, 3.63) is 54.6 Å². The maximum atomic E-state index is 12.7. The van der Waals surface area contributed by atoms with Crippen molar-refractivity contribution in [3.8, 4) is 22.8 Å². The molecule has 1 heterocycles. The number of benzene rings is 2. The molecule has 0 bridgehead atoms. The largest absolute Gasteiger partial charge is 0.573 e. The van der Waals surface area contributed by atoms with Crippen LogP contribution < -0.4 is 20.1 Å². The smallest absolute Gasteiger partial charge is 0.406 e. The summed E-state index contributed by atoms with van der Waals surface area (Å²) in [5.74, 6) is -0.732. The number of nitrogens with zero attached hydrogens (tertiary/aromatic N) is 2. The summed E-state index contributed by atoms with van der Waals surface area (Å²) in [6, 6.07) is 11.8. The predicted octanol–water partition coefficient (Wildman–Crippen LogP) is 6.50. The Morgan fingerprint density at radius 1 is 0.818 bits per heavy atom. The maximum Gasteiger partial charge on any atom is 0.573 e. The zero-order valence-corrected chi connectivity index (χ0v) is 17.3. The third-order valence-electron chi connectivity index (χ3n) is 3.88. The van der Waals surface area contributed by atoms with E-state index in [9.17, 15) is 26.3 Å². The number of anilines is 3. The molecule has 2 N–H and O–H groups in total. The monoisotopic (exact) mass is 472 g/mol. The first kappa shape index (κ1) is 24.0. The summed E-state index contributed by atoms with van der Waals surface area (Å²) in [5.41, 5.74) is 0.454. The summed E-state index contributed by atoms with van der Waals surface area (Å²) >= 11 is 0. The molecule has 0 amide bonds. The SMILES string of the molecule is CC(C)Nc1nc(Nc2ccccc2OC(F)(F)F)cc(-c2cccc(OC(F)(F)F)c2)n1. The lowest BCUT2D eigenvalue weighted by Gasteiger charge is -2.16. The summed E-state index contributed by atoms with van der Waals surface area (Å²) < 4.78 is 83.9. The second kappa shape index (κ2) is 9.43. The number of alkyl halides is 6. The second-order valence-electron chi connectivity index (χ2n) is 7.01. The van der Waals surface area contributed by atoms with Crippen molar-refractivity contribution < 1.29 is 35.8 Å². The first-order valence-electron chi connectivity index (χ1n) is 9.51. The molecule has 0 aliphatic rings. The van der Waals surface area contributed by atoms with Crippen LogP contribution in [0.1, 0.15) is 13.8 Å². The molecule has 3 rings (SSSR count). The molecule has 0 aliphatic heterocycles. The van der Waals surface area contributed by atoms with Crippen LogP contribution in [0.5, 0.6) is 11.5 Å². The van der Waals surface area contributed by atoms with E-state index in [4.69, 9.17) is 0 Å². The highest BCUT2D eigenvalue weighted by Crippen LogP contribution is 2.33. The van der Waals surface area contributed by atoms with Crippen LogP contribution in [0.2, 0.25) is 0 Å². The van der Waals surface area contributed by atoms with Crippen molar-refractivity contribution in [3.63, 3.8) is 0 Å². The number of aromatic nitrogens is 2. The molecule has 2 aromatic carbocycles. The highest BCUT2D eigenvalue weighted by Gasteiger charge is 2.32. The molecule has 0 fully saturated rings. The van der Waals surface area contributed by atoms with Gasteiger partial charge in [-0.2, -0.15) is 4.98 Å². The Hall–Kier alpha value is -3.70. The van der Waals surface area contributed by atoms with Crippen molar-refractivity contribution in [1.29, 1.82) is 0 Å². The van der Waals surface area contributed by atoms with Crippen molar-refractivity contribution in [2.75, 3.05) is 10.6 Å². The minimum Gasteiger partial charge on any atom is -0.406 e. The minimum absolute atomic E-state index is 0.0240. The normalized spacial score (nSPS) is 11.9. The van der Waals surface area contributed by atoms with Crippen molar-refractivity contribution in [2.45, 2.75) is 32.6 Å². The number of rotatable bonds is 7. The lowest BCUT2D eigenvalue weighted by Crippen LogP contribution is -2.18. The van der Waals surface area contributed by atoms with Gasteiger partial charge in [-0.1, -0.05) is 24.3 Å². The van der Waals surface area contributed by atoms with E-state index in [0.29, 0.717) is 0 Å². The Labute approximate surface area is 184 Å². The number of ether oxygens (including phenoxy) is 2. The van der Waals surface area contributed by atoms with E-state index in [2.05, 4.69) is 30.1 Å². The summed E-state index contributed by atoms with van der Waals surface area (Å²) in [7, 11) is 0. The van der Waals surface area contributed by atoms with Crippen LogP contribution in [0, 0.1) is 0 Å². The molecule has 0 saturated carbocycles. The molecule has 12 heteroatoms. The Balaban J connectivity index is 2.00. The fourth-order valence-electron chi connectivity index (χ4n) is 2.76.